The van der Waals surface area contributed by atoms with E-state index in [0.29, 0.717) is 30.0 Å². The molecule has 0 aliphatic carbocycles. The second-order valence-corrected chi connectivity index (χ2v) is 8.55. The van der Waals surface area contributed by atoms with Crippen molar-refractivity contribution < 1.29 is 9.59 Å². The Morgan fingerprint density at radius 1 is 0.882 bits per heavy atom. The van der Waals surface area contributed by atoms with E-state index in [1.54, 1.807) is 22.7 Å². The summed E-state index contributed by atoms with van der Waals surface area (Å²) in [5.41, 5.74) is 5.64. The summed E-state index contributed by atoms with van der Waals surface area (Å²) in [7, 11) is 1.73. The maximum absolute atomic E-state index is 13.6. The standard InChI is InChI=1S/C28H26N4O2/c1-20-18-25(28(34)30(2)23-12-4-3-5-13-23)29-32(20)26-15-9-8-14-24(26)27(33)31-17-16-21-10-6-7-11-22(21)19-31/h3-15,18H,16-17,19H2,1-2H3. The number of hydrogen-bond acceptors (Lipinski definition) is 3. The average Bonchev–Trinajstić information content (AvgIpc) is 3.28. The van der Waals surface area contributed by atoms with Gasteiger partial charge in [-0.25, -0.2) is 4.68 Å². The quantitative estimate of drug-likeness (QED) is 0.455. The fourth-order valence-corrected chi connectivity index (χ4v) is 4.44. The normalized spacial score (nSPS) is 12.8. The van der Waals surface area contributed by atoms with Crippen molar-refractivity contribution in [2.45, 2.75) is 19.9 Å². The lowest BCUT2D eigenvalue weighted by Gasteiger charge is -2.29. The molecule has 170 valence electrons. The van der Waals surface area contributed by atoms with Gasteiger partial charge in [-0.05, 0) is 54.8 Å². The number of carbonyl (C=O) groups excluding carboxylic acids is 2. The smallest absolute Gasteiger partial charge is 0.278 e. The minimum absolute atomic E-state index is 0.0331. The number of para-hydroxylation sites is 2. The van der Waals surface area contributed by atoms with Gasteiger partial charge in [-0.1, -0.05) is 54.6 Å². The van der Waals surface area contributed by atoms with Crippen molar-refractivity contribution in [3.8, 4) is 5.69 Å². The molecule has 0 N–H and O–H groups in total. The second kappa shape index (κ2) is 8.98. The lowest BCUT2D eigenvalue weighted by Crippen LogP contribution is -2.36. The van der Waals surface area contributed by atoms with Gasteiger partial charge in [-0.2, -0.15) is 5.10 Å². The zero-order chi connectivity index (χ0) is 23.7. The Bertz CT molecular complexity index is 1360. The van der Waals surface area contributed by atoms with Crippen molar-refractivity contribution >= 4 is 17.5 Å². The summed E-state index contributed by atoms with van der Waals surface area (Å²) in [5.74, 6) is -0.237. The Balaban J connectivity index is 1.44. The van der Waals surface area contributed by atoms with Crippen LogP contribution in [0.5, 0.6) is 0 Å². The van der Waals surface area contributed by atoms with Gasteiger partial charge in [-0.3, -0.25) is 9.59 Å². The Hall–Kier alpha value is -4.19. The lowest BCUT2D eigenvalue weighted by molar-refractivity contribution is 0.0734. The highest BCUT2D eigenvalue weighted by molar-refractivity contribution is 6.04. The van der Waals surface area contributed by atoms with Crippen LogP contribution in [0.2, 0.25) is 0 Å². The first kappa shape index (κ1) is 21.6. The van der Waals surface area contributed by atoms with Crippen molar-refractivity contribution in [3.05, 3.63) is 113 Å². The highest BCUT2D eigenvalue weighted by Crippen LogP contribution is 2.24. The number of carbonyl (C=O) groups is 2. The van der Waals surface area contributed by atoms with E-state index in [1.165, 1.54) is 11.1 Å². The average molecular weight is 451 g/mol. The molecule has 0 atom stereocenters. The number of aromatic nitrogens is 2. The molecule has 0 unspecified atom stereocenters. The molecule has 1 aliphatic rings. The van der Waals surface area contributed by atoms with E-state index >= 15 is 0 Å². The summed E-state index contributed by atoms with van der Waals surface area (Å²) >= 11 is 0. The Labute approximate surface area is 199 Å². The van der Waals surface area contributed by atoms with Gasteiger partial charge in [0.1, 0.15) is 0 Å². The van der Waals surface area contributed by atoms with Crippen LogP contribution in [-0.2, 0) is 13.0 Å². The minimum atomic E-state index is -0.204. The zero-order valence-corrected chi connectivity index (χ0v) is 19.3. The largest absolute Gasteiger partial charge is 0.334 e. The maximum atomic E-state index is 13.6. The van der Waals surface area contributed by atoms with Crippen molar-refractivity contribution in [1.29, 1.82) is 0 Å². The first-order valence-corrected chi connectivity index (χ1v) is 11.4. The van der Waals surface area contributed by atoms with Gasteiger partial charge in [-0.15, -0.1) is 0 Å². The van der Waals surface area contributed by atoms with E-state index in [2.05, 4.69) is 17.2 Å². The number of amides is 2. The van der Waals surface area contributed by atoms with Gasteiger partial charge >= 0.3 is 0 Å². The molecule has 2 heterocycles. The molecular weight excluding hydrogens is 424 g/mol. The predicted molar refractivity (Wildman–Crippen MR) is 132 cm³/mol. The van der Waals surface area contributed by atoms with Crippen molar-refractivity contribution in [3.63, 3.8) is 0 Å². The summed E-state index contributed by atoms with van der Waals surface area (Å²) in [4.78, 5) is 30.1. The van der Waals surface area contributed by atoms with Crippen LogP contribution in [0.3, 0.4) is 0 Å². The number of aryl methyl sites for hydroxylation is 1. The monoisotopic (exact) mass is 450 g/mol. The highest BCUT2D eigenvalue weighted by Gasteiger charge is 2.25. The van der Waals surface area contributed by atoms with E-state index in [1.807, 2.05) is 78.6 Å². The van der Waals surface area contributed by atoms with E-state index in [4.69, 9.17) is 0 Å². The molecule has 4 aromatic rings. The number of nitrogens with zero attached hydrogens (tertiary/aromatic N) is 4. The van der Waals surface area contributed by atoms with Crippen molar-refractivity contribution in [1.82, 2.24) is 14.7 Å². The van der Waals surface area contributed by atoms with Gasteiger partial charge in [0.2, 0.25) is 0 Å². The van der Waals surface area contributed by atoms with Gasteiger partial charge < -0.3 is 9.80 Å². The van der Waals surface area contributed by atoms with Crippen LogP contribution in [0.25, 0.3) is 5.69 Å². The van der Waals surface area contributed by atoms with Crippen LogP contribution in [0.15, 0.2) is 84.9 Å². The topological polar surface area (TPSA) is 58.4 Å². The van der Waals surface area contributed by atoms with Crippen molar-refractivity contribution in [2.24, 2.45) is 0 Å². The highest BCUT2D eigenvalue weighted by atomic mass is 16.2. The fraction of sp³-hybridized carbons (Fsp3) is 0.179. The van der Waals surface area contributed by atoms with Crippen LogP contribution in [0, 0.1) is 6.92 Å². The molecule has 34 heavy (non-hydrogen) atoms. The number of anilines is 1. The summed E-state index contributed by atoms with van der Waals surface area (Å²) in [6, 6.07) is 26.9. The third kappa shape index (κ3) is 3.99. The van der Waals surface area contributed by atoms with Gasteiger partial charge in [0.05, 0.1) is 11.3 Å². The van der Waals surface area contributed by atoms with E-state index in [9.17, 15) is 9.59 Å². The van der Waals surface area contributed by atoms with Crippen LogP contribution in [0.1, 0.15) is 37.7 Å². The number of rotatable bonds is 4. The maximum Gasteiger partial charge on any atom is 0.278 e. The van der Waals surface area contributed by atoms with Crippen LogP contribution < -0.4 is 4.90 Å². The fourth-order valence-electron chi connectivity index (χ4n) is 4.44. The molecule has 5 rings (SSSR count). The summed E-state index contributed by atoms with van der Waals surface area (Å²) < 4.78 is 1.69. The first-order chi connectivity index (χ1) is 16.5. The molecule has 6 nitrogen and oxygen atoms in total. The zero-order valence-electron chi connectivity index (χ0n) is 19.3. The SMILES string of the molecule is Cc1cc(C(=O)N(C)c2ccccc2)nn1-c1ccccc1C(=O)N1CCc2ccccc2C1. The van der Waals surface area contributed by atoms with Crippen LogP contribution in [-0.4, -0.2) is 40.1 Å². The number of benzene rings is 3. The number of hydrogen-bond donors (Lipinski definition) is 0. The molecule has 1 aliphatic heterocycles. The van der Waals surface area contributed by atoms with Gasteiger partial charge in [0, 0.05) is 31.5 Å². The molecule has 0 saturated heterocycles. The third-order valence-electron chi connectivity index (χ3n) is 6.34. The third-order valence-corrected chi connectivity index (χ3v) is 6.34. The summed E-state index contributed by atoms with van der Waals surface area (Å²) in [6.45, 7) is 3.16. The molecule has 6 heteroatoms. The molecule has 1 aromatic heterocycles. The molecule has 0 fully saturated rings. The van der Waals surface area contributed by atoms with Gasteiger partial charge in [0.25, 0.3) is 11.8 Å². The molecule has 2 amide bonds. The summed E-state index contributed by atoms with van der Waals surface area (Å²) in [6.07, 6.45) is 0.843. The number of fused-ring (bicyclic) bond motifs is 1. The molecule has 3 aromatic carbocycles. The Kier molecular flexibility index (Phi) is 5.72. The van der Waals surface area contributed by atoms with E-state index in [-0.39, 0.29) is 11.8 Å². The van der Waals surface area contributed by atoms with Crippen LogP contribution >= 0.6 is 0 Å². The molecule has 0 radical (unpaired) electrons. The Morgan fingerprint density at radius 2 is 1.56 bits per heavy atom. The molecular formula is C28H26N4O2. The predicted octanol–water partition coefficient (Wildman–Crippen LogP) is 4.66. The van der Waals surface area contributed by atoms with E-state index < -0.39 is 0 Å². The molecule has 0 bridgehead atoms. The Morgan fingerprint density at radius 3 is 2.35 bits per heavy atom. The summed E-state index contributed by atoms with van der Waals surface area (Å²) in [5, 5.41) is 4.61. The van der Waals surface area contributed by atoms with Gasteiger partial charge in [0.15, 0.2) is 5.69 Å². The second-order valence-electron chi connectivity index (χ2n) is 8.55. The van der Waals surface area contributed by atoms with Crippen LogP contribution in [0.4, 0.5) is 5.69 Å². The first-order valence-electron chi connectivity index (χ1n) is 11.4. The lowest BCUT2D eigenvalue weighted by atomic mass is 9.99. The van der Waals surface area contributed by atoms with Crippen molar-refractivity contribution in [2.75, 3.05) is 18.5 Å². The van der Waals surface area contributed by atoms with E-state index in [0.717, 1.165) is 17.8 Å². The molecule has 0 spiro atoms. The molecule has 0 saturated carbocycles. The minimum Gasteiger partial charge on any atom is -0.334 e.